The lowest BCUT2D eigenvalue weighted by Gasteiger charge is -2.56. The molecule has 4 saturated carbocycles. The van der Waals surface area contributed by atoms with Crippen molar-refractivity contribution in [3.8, 4) is 5.75 Å². The number of alkyl halides is 6. The lowest BCUT2D eigenvalue weighted by molar-refractivity contribution is -0.143. The summed E-state index contributed by atoms with van der Waals surface area (Å²) in [4.78, 5) is 12.4. The first-order valence-corrected chi connectivity index (χ1v) is 9.65. The molecule has 0 radical (unpaired) electrons. The number of carbonyl (C=O) groups excluding carboxylic acids is 1. The largest absolute Gasteiger partial charge is 0.484 e. The van der Waals surface area contributed by atoms with Crippen LogP contribution in [0.3, 0.4) is 0 Å². The van der Waals surface area contributed by atoms with E-state index in [1.807, 2.05) is 0 Å². The maximum absolute atomic E-state index is 12.9. The van der Waals surface area contributed by atoms with Crippen molar-refractivity contribution in [1.82, 2.24) is 5.32 Å². The molecule has 1 aromatic carbocycles. The molecule has 1 N–H and O–H groups in total. The SMILES string of the molecule is O=C(COc1cc(C(F)(F)F)cc(C(F)(F)F)c1)NC12CC3CC(CC(C3)C1)C2. The third-order valence-electron chi connectivity index (χ3n) is 6.37. The van der Waals surface area contributed by atoms with E-state index < -0.39 is 41.7 Å². The molecular formula is C20H21F6NO2. The molecule has 1 aromatic rings. The predicted octanol–water partition coefficient (Wildman–Crippen LogP) is 5.19. The zero-order chi connectivity index (χ0) is 21.0. The number of benzene rings is 1. The summed E-state index contributed by atoms with van der Waals surface area (Å²) >= 11 is 0. The van der Waals surface area contributed by atoms with Crippen LogP contribution < -0.4 is 10.1 Å². The van der Waals surface area contributed by atoms with E-state index in [1.165, 1.54) is 19.3 Å². The van der Waals surface area contributed by atoms with Crippen molar-refractivity contribution >= 4 is 5.91 Å². The maximum Gasteiger partial charge on any atom is 0.416 e. The minimum Gasteiger partial charge on any atom is -0.484 e. The fraction of sp³-hybridized carbons (Fsp3) is 0.650. The number of carbonyl (C=O) groups is 1. The van der Waals surface area contributed by atoms with E-state index >= 15 is 0 Å². The Bertz CT molecular complexity index is 734. The van der Waals surface area contributed by atoms with Crippen LogP contribution in [-0.4, -0.2) is 18.1 Å². The molecule has 1 amide bonds. The molecule has 4 aliphatic carbocycles. The van der Waals surface area contributed by atoms with Crippen LogP contribution in [0.5, 0.6) is 5.75 Å². The molecule has 5 rings (SSSR count). The van der Waals surface area contributed by atoms with Crippen LogP contribution in [0.4, 0.5) is 26.3 Å². The van der Waals surface area contributed by atoms with E-state index in [9.17, 15) is 31.1 Å². The summed E-state index contributed by atoms with van der Waals surface area (Å²) in [6.07, 6.45) is -3.74. The molecule has 0 spiro atoms. The Labute approximate surface area is 163 Å². The van der Waals surface area contributed by atoms with Crippen molar-refractivity contribution in [1.29, 1.82) is 0 Å². The Balaban J connectivity index is 1.44. The molecule has 0 atom stereocenters. The number of nitrogens with one attached hydrogen (secondary N) is 1. The lowest BCUT2D eigenvalue weighted by Crippen LogP contribution is -2.60. The average Bonchev–Trinajstić information content (AvgIpc) is 2.56. The molecule has 4 aliphatic rings. The smallest absolute Gasteiger partial charge is 0.416 e. The maximum atomic E-state index is 12.9. The van der Waals surface area contributed by atoms with Gasteiger partial charge in [0.15, 0.2) is 6.61 Å². The van der Waals surface area contributed by atoms with Gasteiger partial charge in [-0.3, -0.25) is 4.79 Å². The highest BCUT2D eigenvalue weighted by Gasteiger charge is 2.51. The van der Waals surface area contributed by atoms with Gasteiger partial charge in [0.1, 0.15) is 5.75 Å². The molecule has 0 aromatic heterocycles. The summed E-state index contributed by atoms with van der Waals surface area (Å²) in [6, 6.07) is 0.989. The van der Waals surface area contributed by atoms with E-state index in [2.05, 4.69) is 5.32 Å². The summed E-state index contributed by atoms with van der Waals surface area (Å²) in [5.74, 6) is 0.603. The first-order valence-electron chi connectivity index (χ1n) is 9.65. The Kier molecular flexibility index (Phi) is 4.77. The first kappa shape index (κ1) is 20.3. The molecule has 0 unspecified atom stereocenters. The molecule has 0 saturated heterocycles. The molecule has 0 aliphatic heterocycles. The van der Waals surface area contributed by atoms with Crippen LogP contribution in [-0.2, 0) is 17.1 Å². The number of halogens is 6. The van der Waals surface area contributed by atoms with Gasteiger partial charge in [0.25, 0.3) is 5.91 Å². The lowest BCUT2D eigenvalue weighted by atomic mass is 9.53. The van der Waals surface area contributed by atoms with Gasteiger partial charge in [-0.1, -0.05) is 0 Å². The first-order chi connectivity index (χ1) is 13.4. The quantitative estimate of drug-likeness (QED) is 0.680. The van der Waals surface area contributed by atoms with E-state index in [0.29, 0.717) is 29.9 Å². The fourth-order valence-electron chi connectivity index (χ4n) is 5.75. The Morgan fingerprint density at radius 2 is 1.34 bits per heavy atom. The van der Waals surface area contributed by atoms with Crippen molar-refractivity contribution in [2.75, 3.05) is 6.61 Å². The topological polar surface area (TPSA) is 38.3 Å². The second-order valence-electron chi connectivity index (χ2n) is 8.78. The number of rotatable bonds is 4. The molecule has 29 heavy (non-hydrogen) atoms. The van der Waals surface area contributed by atoms with Crippen molar-refractivity contribution in [2.24, 2.45) is 17.8 Å². The Hall–Kier alpha value is -1.93. The molecule has 4 bridgehead atoms. The van der Waals surface area contributed by atoms with Crippen LogP contribution in [0.1, 0.15) is 49.7 Å². The van der Waals surface area contributed by atoms with E-state index in [-0.39, 0.29) is 11.6 Å². The van der Waals surface area contributed by atoms with Crippen LogP contribution in [0.2, 0.25) is 0 Å². The number of ether oxygens (including phenoxy) is 1. The van der Waals surface area contributed by atoms with Crippen molar-refractivity contribution in [2.45, 2.75) is 56.4 Å². The summed E-state index contributed by atoms with van der Waals surface area (Å²) in [7, 11) is 0. The van der Waals surface area contributed by atoms with E-state index in [4.69, 9.17) is 4.74 Å². The van der Waals surface area contributed by atoms with Gasteiger partial charge in [-0.25, -0.2) is 0 Å². The summed E-state index contributed by atoms with van der Waals surface area (Å²) in [5, 5.41) is 2.98. The van der Waals surface area contributed by atoms with Crippen LogP contribution in [0.15, 0.2) is 18.2 Å². The van der Waals surface area contributed by atoms with Crippen molar-refractivity contribution in [3.05, 3.63) is 29.3 Å². The van der Waals surface area contributed by atoms with Gasteiger partial charge in [-0.05, 0) is 74.5 Å². The molecule has 0 heterocycles. The normalized spacial score (nSPS) is 31.0. The van der Waals surface area contributed by atoms with Gasteiger partial charge >= 0.3 is 12.4 Å². The van der Waals surface area contributed by atoms with E-state index in [1.54, 1.807) is 0 Å². The van der Waals surface area contributed by atoms with Crippen LogP contribution >= 0.6 is 0 Å². The highest BCUT2D eigenvalue weighted by molar-refractivity contribution is 5.78. The molecule has 3 nitrogen and oxygen atoms in total. The molecule has 9 heteroatoms. The van der Waals surface area contributed by atoms with Gasteiger partial charge in [-0.2, -0.15) is 26.3 Å². The minimum atomic E-state index is -4.96. The Morgan fingerprint density at radius 1 is 0.897 bits per heavy atom. The van der Waals surface area contributed by atoms with Crippen LogP contribution in [0.25, 0.3) is 0 Å². The monoisotopic (exact) mass is 421 g/mol. The molecule has 160 valence electrons. The predicted molar refractivity (Wildman–Crippen MR) is 91.0 cm³/mol. The fourth-order valence-corrected chi connectivity index (χ4v) is 5.75. The van der Waals surface area contributed by atoms with Crippen LogP contribution in [0, 0.1) is 17.8 Å². The summed E-state index contributed by atoms with van der Waals surface area (Å²) < 4.78 is 82.6. The molecular weight excluding hydrogens is 400 g/mol. The van der Waals surface area contributed by atoms with Gasteiger partial charge in [0, 0.05) is 5.54 Å². The summed E-state index contributed by atoms with van der Waals surface area (Å²) in [6.45, 7) is -0.625. The number of hydrogen-bond acceptors (Lipinski definition) is 2. The zero-order valence-corrected chi connectivity index (χ0v) is 15.5. The highest BCUT2D eigenvalue weighted by Crippen LogP contribution is 2.55. The summed E-state index contributed by atoms with van der Waals surface area (Å²) in [5.41, 5.74) is -3.24. The average molecular weight is 421 g/mol. The Morgan fingerprint density at radius 3 is 1.76 bits per heavy atom. The standard InChI is InChI=1S/C20H21F6NO2/c21-19(22,23)14-4-15(20(24,25)26)6-16(5-14)29-10-17(28)27-18-7-11-1-12(8-18)3-13(2-11)9-18/h4-6,11-13H,1-3,7-10H2,(H,27,28). The highest BCUT2D eigenvalue weighted by atomic mass is 19.4. The van der Waals surface area contributed by atoms with Gasteiger partial charge in [0.05, 0.1) is 11.1 Å². The van der Waals surface area contributed by atoms with E-state index in [0.717, 1.165) is 19.3 Å². The van der Waals surface area contributed by atoms with Crippen molar-refractivity contribution < 1.29 is 35.9 Å². The zero-order valence-electron chi connectivity index (χ0n) is 15.5. The second kappa shape index (κ2) is 6.80. The van der Waals surface area contributed by atoms with Gasteiger partial charge in [-0.15, -0.1) is 0 Å². The third-order valence-corrected chi connectivity index (χ3v) is 6.37. The number of amides is 1. The van der Waals surface area contributed by atoms with Gasteiger partial charge in [0.2, 0.25) is 0 Å². The number of hydrogen-bond donors (Lipinski definition) is 1. The molecule has 4 fully saturated rings. The minimum absolute atomic E-state index is 0.0301. The second-order valence-corrected chi connectivity index (χ2v) is 8.78. The third kappa shape index (κ3) is 4.33. The van der Waals surface area contributed by atoms with Gasteiger partial charge < -0.3 is 10.1 Å². The van der Waals surface area contributed by atoms with Crippen molar-refractivity contribution in [3.63, 3.8) is 0 Å².